The number of sulfonamides is 1. The maximum atomic E-state index is 12.3. The molecule has 0 aromatic carbocycles. The summed E-state index contributed by atoms with van der Waals surface area (Å²) in [6.45, 7) is 2.38. The van der Waals surface area contributed by atoms with Crippen molar-refractivity contribution in [1.29, 1.82) is 0 Å². The molecule has 0 saturated heterocycles. The molecule has 0 N–H and O–H groups in total. The number of hydrogen-bond acceptors (Lipinski definition) is 4. The van der Waals surface area contributed by atoms with Crippen LogP contribution in [0.3, 0.4) is 0 Å². The number of methoxy groups -OCH3 is 1. The first-order valence-electron chi connectivity index (χ1n) is 5.14. The van der Waals surface area contributed by atoms with Crippen LogP contribution in [-0.4, -0.2) is 45.4 Å². The van der Waals surface area contributed by atoms with Gasteiger partial charge >= 0.3 is 0 Å². The van der Waals surface area contributed by atoms with Gasteiger partial charge < -0.3 is 4.74 Å². The first kappa shape index (κ1) is 16.4. The minimum Gasteiger partial charge on any atom is -0.383 e. The second-order valence-electron chi connectivity index (χ2n) is 3.86. The van der Waals surface area contributed by atoms with Crippen LogP contribution in [0.4, 0.5) is 0 Å². The largest absolute Gasteiger partial charge is 0.383 e. The molecule has 4 nitrogen and oxygen atoms in total. The van der Waals surface area contributed by atoms with Crippen LogP contribution in [0.1, 0.15) is 5.56 Å². The number of aryl methyl sites for hydroxylation is 1. The molecule has 0 saturated carbocycles. The second kappa shape index (κ2) is 6.67. The Kier molecular flexibility index (Phi) is 6.08. The average molecular weight is 377 g/mol. The van der Waals surface area contributed by atoms with E-state index in [0.29, 0.717) is 10.8 Å². The van der Waals surface area contributed by atoms with Crippen molar-refractivity contribution in [2.45, 2.75) is 16.5 Å². The lowest BCUT2D eigenvalue weighted by molar-refractivity contribution is 0.192. The summed E-state index contributed by atoms with van der Waals surface area (Å²) in [7, 11) is -0.424. The van der Waals surface area contributed by atoms with Crippen LogP contribution >= 0.6 is 38.9 Å². The second-order valence-corrected chi connectivity index (χ2v) is 9.12. The van der Waals surface area contributed by atoms with Crippen molar-refractivity contribution in [3.8, 4) is 0 Å². The van der Waals surface area contributed by atoms with E-state index >= 15 is 0 Å². The standard InChI is InChI=1S/C10H15BrClNO3S2/c1-7-4-9(17-10(7)11)18(14,15)13(2)5-8(12)6-16-3/h4,8H,5-6H2,1-3H3. The first-order chi connectivity index (χ1) is 8.28. The fourth-order valence-corrected chi connectivity index (χ4v) is 5.39. The van der Waals surface area contributed by atoms with E-state index < -0.39 is 10.0 Å². The summed E-state index contributed by atoms with van der Waals surface area (Å²) in [6, 6.07) is 1.65. The fraction of sp³-hybridized carbons (Fsp3) is 0.600. The predicted octanol–water partition coefficient (Wildman–Crippen LogP) is 2.69. The molecule has 1 heterocycles. The highest BCUT2D eigenvalue weighted by atomic mass is 79.9. The number of thiophene rings is 1. The first-order valence-corrected chi connectivity index (χ1v) is 8.63. The van der Waals surface area contributed by atoms with Crippen LogP contribution in [-0.2, 0) is 14.8 Å². The molecule has 1 aromatic rings. The number of alkyl halides is 1. The molecule has 0 bridgehead atoms. The Morgan fingerprint density at radius 3 is 2.67 bits per heavy atom. The zero-order valence-electron chi connectivity index (χ0n) is 10.3. The molecule has 0 fully saturated rings. The minimum absolute atomic E-state index is 0.215. The SMILES string of the molecule is COCC(Cl)CN(C)S(=O)(=O)c1cc(C)c(Br)s1. The minimum atomic E-state index is -3.47. The number of nitrogens with zero attached hydrogens (tertiary/aromatic N) is 1. The van der Waals surface area contributed by atoms with E-state index in [0.717, 1.165) is 9.35 Å². The maximum absolute atomic E-state index is 12.3. The Bertz CT molecular complexity index is 484. The molecule has 1 atom stereocenters. The highest BCUT2D eigenvalue weighted by molar-refractivity contribution is 9.11. The molecule has 0 spiro atoms. The Labute approximate surface area is 125 Å². The number of halogens is 2. The molecular formula is C10H15BrClNO3S2. The lowest BCUT2D eigenvalue weighted by Gasteiger charge is -2.18. The average Bonchev–Trinajstić information content (AvgIpc) is 2.60. The van der Waals surface area contributed by atoms with Gasteiger partial charge in [-0.25, -0.2) is 8.42 Å². The summed E-state index contributed by atoms with van der Waals surface area (Å²) >= 11 is 10.5. The predicted molar refractivity (Wildman–Crippen MR) is 78.1 cm³/mol. The van der Waals surface area contributed by atoms with Crippen molar-refractivity contribution in [1.82, 2.24) is 4.31 Å². The summed E-state index contributed by atoms with van der Waals surface area (Å²) in [4.78, 5) is 0. The quantitative estimate of drug-likeness (QED) is 0.717. The van der Waals surface area contributed by atoms with Crippen LogP contribution in [0.15, 0.2) is 14.1 Å². The third-order valence-electron chi connectivity index (χ3n) is 2.30. The van der Waals surface area contributed by atoms with Gasteiger partial charge in [0.25, 0.3) is 10.0 Å². The molecule has 0 amide bonds. The zero-order valence-corrected chi connectivity index (χ0v) is 14.3. The molecule has 1 unspecified atom stereocenters. The number of hydrogen-bond donors (Lipinski definition) is 0. The molecular weight excluding hydrogens is 362 g/mol. The van der Waals surface area contributed by atoms with Gasteiger partial charge in [-0.15, -0.1) is 22.9 Å². The fourth-order valence-electron chi connectivity index (χ4n) is 1.32. The Morgan fingerprint density at radius 2 is 2.22 bits per heavy atom. The van der Waals surface area contributed by atoms with E-state index in [9.17, 15) is 8.42 Å². The van der Waals surface area contributed by atoms with E-state index in [2.05, 4.69) is 15.9 Å². The van der Waals surface area contributed by atoms with Gasteiger partial charge in [-0.2, -0.15) is 4.31 Å². The Morgan fingerprint density at radius 1 is 1.61 bits per heavy atom. The highest BCUT2D eigenvalue weighted by Gasteiger charge is 2.25. The van der Waals surface area contributed by atoms with Crippen molar-refractivity contribution in [2.75, 3.05) is 27.3 Å². The van der Waals surface area contributed by atoms with Gasteiger partial charge in [0.15, 0.2) is 0 Å². The lowest BCUT2D eigenvalue weighted by Crippen LogP contribution is -2.33. The zero-order chi connectivity index (χ0) is 13.9. The number of rotatable bonds is 6. The summed E-state index contributed by atoms with van der Waals surface area (Å²) in [5.74, 6) is 0. The van der Waals surface area contributed by atoms with Crippen LogP contribution < -0.4 is 0 Å². The molecule has 1 aromatic heterocycles. The maximum Gasteiger partial charge on any atom is 0.252 e. The van der Waals surface area contributed by atoms with Crippen molar-refractivity contribution in [3.63, 3.8) is 0 Å². The molecule has 0 aliphatic carbocycles. The van der Waals surface area contributed by atoms with Gasteiger partial charge in [0.1, 0.15) is 4.21 Å². The van der Waals surface area contributed by atoms with E-state index in [1.807, 2.05) is 6.92 Å². The Balaban J connectivity index is 2.86. The van der Waals surface area contributed by atoms with Gasteiger partial charge in [0.2, 0.25) is 0 Å². The van der Waals surface area contributed by atoms with E-state index in [4.69, 9.17) is 16.3 Å². The van der Waals surface area contributed by atoms with Crippen LogP contribution in [0, 0.1) is 6.92 Å². The van der Waals surface area contributed by atoms with Gasteiger partial charge in [-0.3, -0.25) is 0 Å². The van der Waals surface area contributed by atoms with Crippen LogP contribution in [0.2, 0.25) is 0 Å². The molecule has 104 valence electrons. The van der Waals surface area contributed by atoms with E-state index in [1.54, 1.807) is 6.07 Å². The highest BCUT2D eigenvalue weighted by Crippen LogP contribution is 2.32. The smallest absolute Gasteiger partial charge is 0.252 e. The third kappa shape index (κ3) is 3.91. The topological polar surface area (TPSA) is 46.6 Å². The molecule has 8 heteroatoms. The van der Waals surface area contributed by atoms with Crippen molar-refractivity contribution in [2.24, 2.45) is 0 Å². The summed E-state index contributed by atoms with van der Waals surface area (Å²) in [6.07, 6.45) is 0. The van der Waals surface area contributed by atoms with Crippen molar-refractivity contribution < 1.29 is 13.2 Å². The van der Waals surface area contributed by atoms with Gasteiger partial charge in [-0.05, 0) is 34.5 Å². The van der Waals surface area contributed by atoms with E-state index in [-0.39, 0.29) is 11.9 Å². The van der Waals surface area contributed by atoms with Gasteiger partial charge in [0, 0.05) is 20.7 Å². The molecule has 1 rings (SSSR count). The van der Waals surface area contributed by atoms with E-state index in [1.165, 1.54) is 29.8 Å². The monoisotopic (exact) mass is 375 g/mol. The molecule has 0 radical (unpaired) electrons. The summed E-state index contributed by atoms with van der Waals surface area (Å²) < 4.78 is 31.8. The third-order valence-corrected chi connectivity index (χ3v) is 6.98. The molecule has 0 aliphatic heterocycles. The van der Waals surface area contributed by atoms with Gasteiger partial charge in [0.05, 0.1) is 15.8 Å². The summed E-state index contributed by atoms with van der Waals surface area (Å²) in [5.41, 5.74) is 0.909. The normalized spacial score (nSPS) is 14.1. The lowest BCUT2D eigenvalue weighted by atomic mass is 10.4. The van der Waals surface area contributed by atoms with Crippen LogP contribution in [0.25, 0.3) is 0 Å². The summed E-state index contributed by atoms with van der Waals surface area (Å²) in [5, 5.41) is -0.362. The molecule has 18 heavy (non-hydrogen) atoms. The van der Waals surface area contributed by atoms with Crippen molar-refractivity contribution in [3.05, 3.63) is 15.4 Å². The van der Waals surface area contributed by atoms with Gasteiger partial charge in [-0.1, -0.05) is 0 Å². The van der Waals surface area contributed by atoms with Crippen molar-refractivity contribution >= 4 is 48.9 Å². The van der Waals surface area contributed by atoms with Crippen LogP contribution in [0.5, 0.6) is 0 Å². The Hall–Kier alpha value is 0.340. The molecule has 0 aliphatic rings. The number of ether oxygens (including phenoxy) is 1.